The van der Waals surface area contributed by atoms with Crippen LogP contribution in [0.25, 0.3) is 0 Å². The molecule has 0 bridgehead atoms. The van der Waals surface area contributed by atoms with E-state index in [-0.39, 0.29) is 0 Å². The fourth-order valence-corrected chi connectivity index (χ4v) is 3.56. The predicted molar refractivity (Wildman–Crippen MR) is 128 cm³/mol. The number of hydrogen-bond acceptors (Lipinski definition) is 5. The number of hydrogen-bond donors (Lipinski definition) is 4. The second kappa shape index (κ2) is 23.0. The van der Waals surface area contributed by atoms with Crippen LogP contribution in [0.4, 0.5) is 0 Å². The predicted octanol–water partition coefficient (Wildman–Crippen LogP) is 5.29. The van der Waals surface area contributed by atoms with E-state index in [2.05, 4.69) is 24.1 Å². The summed E-state index contributed by atoms with van der Waals surface area (Å²) in [5.41, 5.74) is 14.8. The number of aromatic hydroxyl groups is 1. The van der Waals surface area contributed by atoms with Gasteiger partial charge in [0.25, 0.3) is 0 Å². The van der Waals surface area contributed by atoms with E-state index in [1.54, 1.807) is 12.1 Å². The highest BCUT2D eigenvalue weighted by atomic mass is 16.5. The molecule has 2 rings (SSSR count). The SMILES string of the molecule is CCCCCCCCCCCCCC1COc2cc(O)ccc21.CN.CN.CN. The second-order valence-corrected chi connectivity index (χ2v) is 7.05. The molecule has 1 aliphatic rings. The van der Waals surface area contributed by atoms with Gasteiger partial charge in [-0.25, -0.2) is 0 Å². The van der Waals surface area contributed by atoms with Crippen LogP contribution in [-0.2, 0) is 0 Å². The molecule has 0 spiro atoms. The average Bonchev–Trinajstić information content (AvgIpc) is 3.18. The zero-order chi connectivity index (χ0) is 22.3. The van der Waals surface area contributed by atoms with Crippen molar-refractivity contribution in [1.82, 2.24) is 0 Å². The van der Waals surface area contributed by atoms with Crippen LogP contribution in [-0.4, -0.2) is 32.9 Å². The van der Waals surface area contributed by atoms with Crippen molar-refractivity contribution < 1.29 is 9.84 Å². The molecule has 0 aromatic heterocycles. The van der Waals surface area contributed by atoms with Crippen LogP contribution < -0.4 is 21.9 Å². The number of phenols is 1. The maximum atomic E-state index is 9.48. The maximum absolute atomic E-state index is 9.48. The molecule has 1 atom stereocenters. The van der Waals surface area contributed by atoms with Crippen LogP contribution >= 0.6 is 0 Å². The van der Waals surface area contributed by atoms with E-state index in [0.717, 1.165) is 12.4 Å². The van der Waals surface area contributed by atoms with Crippen molar-refractivity contribution in [3.63, 3.8) is 0 Å². The Balaban J connectivity index is 0. The van der Waals surface area contributed by atoms with Crippen molar-refractivity contribution in [1.29, 1.82) is 0 Å². The zero-order valence-electron chi connectivity index (χ0n) is 19.6. The molecule has 1 aliphatic heterocycles. The first-order chi connectivity index (χ1) is 14.3. The van der Waals surface area contributed by atoms with Gasteiger partial charge in [0.1, 0.15) is 11.5 Å². The molecule has 0 radical (unpaired) electrons. The number of fused-ring (bicyclic) bond motifs is 1. The van der Waals surface area contributed by atoms with Gasteiger partial charge in [-0.3, -0.25) is 0 Å². The molecule has 0 fully saturated rings. The van der Waals surface area contributed by atoms with Crippen LogP contribution in [0.3, 0.4) is 0 Å². The van der Waals surface area contributed by atoms with Crippen LogP contribution in [0.2, 0.25) is 0 Å². The second-order valence-electron chi connectivity index (χ2n) is 7.05. The third kappa shape index (κ3) is 14.3. The van der Waals surface area contributed by atoms with Gasteiger partial charge in [-0.05, 0) is 33.6 Å². The van der Waals surface area contributed by atoms with Crippen LogP contribution in [0.1, 0.15) is 95.5 Å². The lowest BCUT2D eigenvalue weighted by atomic mass is 9.94. The Morgan fingerprint density at radius 2 is 1.28 bits per heavy atom. The van der Waals surface area contributed by atoms with Gasteiger partial charge < -0.3 is 27.0 Å². The summed E-state index contributed by atoms with van der Waals surface area (Å²) in [6, 6.07) is 5.55. The molecule has 5 heteroatoms. The summed E-state index contributed by atoms with van der Waals surface area (Å²) in [6.45, 7) is 3.07. The fraction of sp³-hybridized carbons (Fsp3) is 0.750. The Labute approximate surface area is 180 Å². The van der Waals surface area contributed by atoms with E-state index < -0.39 is 0 Å². The number of nitrogens with two attached hydrogens (primary N) is 3. The lowest BCUT2D eigenvalue weighted by molar-refractivity contribution is 0.320. The van der Waals surface area contributed by atoms with E-state index in [4.69, 9.17) is 4.74 Å². The van der Waals surface area contributed by atoms with E-state index in [1.165, 1.54) is 104 Å². The molecular formula is C24H49N3O2. The van der Waals surface area contributed by atoms with E-state index in [9.17, 15) is 5.11 Å². The van der Waals surface area contributed by atoms with Crippen molar-refractivity contribution in [2.24, 2.45) is 17.2 Å². The summed E-state index contributed by atoms with van der Waals surface area (Å²) in [5, 5.41) is 9.48. The highest BCUT2D eigenvalue weighted by Gasteiger charge is 2.23. The van der Waals surface area contributed by atoms with E-state index in [1.807, 2.05) is 6.07 Å². The number of phenolic OH excluding ortho intramolecular Hbond substituents is 1. The molecule has 0 amide bonds. The highest BCUT2D eigenvalue weighted by Crippen LogP contribution is 2.38. The van der Waals surface area contributed by atoms with Crippen LogP contribution in [0.5, 0.6) is 11.5 Å². The number of ether oxygens (including phenoxy) is 1. The summed E-state index contributed by atoms with van der Waals surface area (Å²) in [4.78, 5) is 0. The Kier molecular flexibility index (Phi) is 23.7. The van der Waals surface area contributed by atoms with Gasteiger partial charge in [0.15, 0.2) is 0 Å². The van der Waals surface area contributed by atoms with E-state index in [0.29, 0.717) is 11.7 Å². The highest BCUT2D eigenvalue weighted by molar-refractivity contribution is 5.44. The Bertz CT molecular complexity index is 456. The summed E-state index contributed by atoms with van der Waals surface area (Å²) >= 11 is 0. The van der Waals surface area contributed by atoms with Gasteiger partial charge in [-0.15, -0.1) is 0 Å². The molecule has 1 aromatic carbocycles. The standard InChI is InChI=1S/C21H34O2.3CH5N/c1-2-3-4-5-6-7-8-9-10-11-12-13-18-17-23-21-16-19(22)14-15-20(18)21;3*1-2/h14-16,18,22H,2-13,17H2,1H3;3*2H2,1H3. The van der Waals surface area contributed by atoms with Crippen molar-refractivity contribution in [3.8, 4) is 11.5 Å². The van der Waals surface area contributed by atoms with Gasteiger partial charge >= 0.3 is 0 Å². The minimum absolute atomic E-state index is 0.305. The van der Waals surface area contributed by atoms with Crippen molar-refractivity contribution in [2.45, 2.75) is 89.9 Å². The number of rotatable bonds is 12. The van der Waals surface area contributed by atoms with Crippen LogP contribution in [0.15, 0.2) is 18.2 Å². The minimum Gasteiger partial charge on any atom is -0.508 e. The molecule has 172 valence electrons. The third-order valence-electron chi connectivity index (χ3n) is 5.03. The van der Waals surface area contributed by atoms with Gasteiger partial charge in [-0.2, -0.15) is 0 Å². The quantitative estimate of drug-likeness (QED) is 0.349. The van der Waals surface area contributed by atoms with Crippen molar-refractivity contribution in [3.05, 3.63) is 23.8 Å². The molecule has 1 aromatic rings. The number of unbranched alkanes of at least 4 members (excludes halogenated alkanes) is 10. The first-order valence-corrected chi connectivity index (χ1v) is 11.5. The molecule has 7 N–H and O–H groups in total. The van der Waals surface area contributed by atoms with Gasteiger partial charge in [0.2, 0.25) is 0 Å². The van der Waals surface area contributed by atoms with Gasteiger partial charge in [0.05, 0.1) is 6.61 Å². The lowest BCUT2D eigenvalue weighted by Gasteiger charge is -2.08. The Morgan fingerprint density at radius 3 is 1.79 bits per heavy atom. The molecule has 0 aliphatic carbocycles. The first-order valence-electron chi connectivity index (χ1n) is 11.5. The lowest BCUT2D eigenvalue weighted by Crippen LogP contribution is -2.00. The molecule has 29 heavy (non-hydrogen) atoms. The van der Waals surface area contributed by atoms with E-state index >= 15 is 0 Å². The zero-order valence-corrected chi connectivity index (χ0v) is 19.6. The summed E-state index contributed by atoms with van der Waals surface area (Å²) in [6.07, 6.45) is 16.5. The summed E-state index contributed by atoms with van der Waals surface area (Å²) < 4.78 is 5.68. The molecule has 1 unspecified atom stereocenters. The van der Waals surface area contributed by atoms with Crippen LogP contribution in [0, 0.1) is 0 Å². The first kappa shape index (κ1) is 29.9. The largest absolute Gasteiger partial charge is 0.508 e. The third-order valence-corrected chi connectivity index (χ3v) is 5.03. The molecule has 1 heterocycles. The Hall–Kier alpha value is -1.30. The maximum Gasteiger partial charge on any atom is 0.126 e. The molecule has 0 saturated carbocycles. The summed E-state index contributed by atoms with van der Waals surface area (Å²) in [7, 11) is 4.50. The normalized spacial score (nSPS) is 13.6. The molecule has 5 nitrogen and oxygen atoms in total. The van der Waals surface area contributed by atoms with Crippen molar-refractivity contribution in [2.75, 3.05) is 27.7 Å². The van der Waals surface area contributed by atoms with Gasteiger partial charge in [-0.1, -0.05) is 83.6 Å². The minimum atomic E-state index is 0.305. The average molecular weight is 412 g/mol. The summed E-state index contributed by atoms with van der Waals surface area (Å²) in [5.74, 6) is 1.72. The van der Waals surface area contributed by atoms with Gasteiger partial charge in [0, 0.05) is 17.5 Å². The molecular weight excluding hydrogens is 362 g/mol. The monoisotopic (exact) mass is 411 g/mol. The Morgan fingerprint density at radius 1 is 0.793 bits per heavy atom. The molecule has 0 saturated heterocycles. The van der Waals surface area contributed by atoms with Crippen molar-refractivity contribution >= 4 is 0 Å². The topological polar surface area (TPSA) is 108 Å². The fourth-order valence-electron chi connectivity index (χ4n) is 3.56. The number of benzene rings is 1. The smallest absolute Gasteiger partial charge is 0.126 e.